The normalized spacial score (nSPS) is 14.0. The van der Waals surface area contributed by atoms with Crippen LogP contribution in [0.3, 0.4) is 0 Å². The van der Waals surface area contributed by atoms with Crippen LogP contribution < -0.4 is 16.0 Å². The van der Waals surface area contributed by atoms with Crippen LogP contribution in [0.5, 0.6) is 0 Å². The van der Waals surface area contributed by atoms with Crippen molar-refractivity contribution in [2.75, 3.05) is 11.5 Å². The number of carbonyl (C=O) groups excluding carboxylic acids is 3. The zero-order valence-electron chi connectivity index (χ0n) is 25.2. The maximum atomic E-state index is 14.0. The van der Waals surface area contributed by atoms with Crippen LogP contribution in [0.1, 0.15) is 47.7 Å². The zero-order valence-corrected chi connectivity index (χ0v) is 26.1. The van der Waals surface area contributed by atoms with Crippen molar-refractivity contribution in [3.05, 3.63) is 101 Å². The van der Waals surface area contributed by atoms with Crippen LogP contribution in [0.2, 0.25) is 0 Å². The second-order valence-electron chi connectivity index (χ2n) is 10.9. The van der Waals surface area contributed by atoms with Crippen LogP contribution in [-0.2, 0) is 32.4 Å². The second kappa shape index (κ2) is 17.4. The van der Waals surface area contributed by atoms with Gasteiger partial charge in [0.05, 0.1) is 35.6 Å². The molecule has 0 fully saturated rings. The van der Waals surface area contributed by atoms with Crippen molar-refractivity contribution in [3.63, 3.8) is 0 Å². The number of sulfone groups is 1. The maximum Gasteiger partial charge on any atom is 0.253 e. The van der Waals surface area contributed by atoms with Gasteiger partial charge >= 0.3 is 0 Å². The van der Waals surface area contributed by atoms with Gasteiger partial charge in [-0.05, 0) is 48.2 Å². The lowest BCUT2D eigenvalue weighted by Crippen LogP contribution is -2.57. The first-order valence-electron chi connectivity index (χ1n) is 14.7. The third-order valence-corrected chi connectivity index (χ3v) is 8.77. The van der Waals surface area contributed by atoms with E-state index in [-0.39, 0.29) is 23.4 Å². The van der Waals surface area contributed by atoms with E-state index in [0.29, 0.717) is 18.9 Å². The van der Waals surface area contributed by atoms with Gasteiger partial charge in [0.15, 0.2) is 9.84 Å². The van der Waals surface area contributed by atoms with E-state index in [0.717, 1.165) is 17.7 Å². The molecule has 3 rings (SSSR count). The summed E-state index contributed by atoms with van der Waals surface area (Å²) in [6, 6.07) is 11.2. The number of carbonyl (C=O) groups is 3. The second-order valence-corrected chi connectivity index (χ2v) is 13.1. The first kappa shape index (κ1) is 36.2. The zero-order chi connectivity index (χ0) is 33.7. The SMILES string of the molecule is CCCCS(=O)(=O)CC(NC(=O)c1cccnc1)C(=O)N[C@@H](Cc1cc(F)cc(F)c1)[C@@H](O)[C@H](O)CC(=O)NCc1ccccc1. The molecule has 1 aromatic heterocycles. The van der Waals surface area contributed by atoms with Crippen LogP contribution in [0, 0.1) is 11.6 Å². The highest BCUT2D eigenvalue weighted by atomic mass is 32.2. The van der Waals surface area contributed by atoms with Crippen LogP contribution >= 0.6 is 0 Å². The van der Waals surface area contributed by atoms with Crippen LogP contribution in [0.4, 0.5) is 8.78 Å². The van der Waals surface area contributed by atoms with Crippen molar-refractivity contribution < 1.29 is 41.8 Å². The molecule has 46 heavy (non-hydrogen) atoms. The minimum atomic E-state index is -3.86. The number of halogens is 2. The number of unbranched alkanes of at least 4 members (excludes halogenated alkanes) is 1. The molecule has 0 aliphatic carbocycles. The molecule has 14 heteroatoms. The maximum absolute atomic E-state index is 14.0. The highest BCUT2D eigenvalue weighted by Crippen LogP contribution is 2.15. The number of nitrogens with one attached hydrogen (secondary N) is 3. The topological polar surface area (TPSA) is 175 Å². The smallest absolute Gasteiger partial charge is 0.253 e. The fourth-order valence-electron chi connectivity index (χ4n) is 4.59. The highest BCUT2D eigenvalue weighted by Gasteiger charge is 2.34. The van der Waals surface area contributed by atoms with Crippen LogP contribution in [-0.4, -0.2) is 77.1 Å². The number of benzene rings is 2. The number of pyridine rings is 1. The number of aliphatic hydroxyl groups excluding tert-OH is 2. The first-order chi connectivity index (χ1) is 21.9. The molecular weight excluding hydrogens is 622 g/mol. The third kappa shape index (κ3) is 11.9. The van der Waals surface area contributed by atoms with Gasteiger partial charge in [-0.25, -0.2) is 17.2 Å². The lowest BCUT2D eigenvalue weighted by molar-refractivity contribution is -0.127. The fraction of sp³-hybridized carbons (Fsp3) is 0.375. The molecule has 248 valence electrons. The number of hydrogen-bond donors (Lipinski definition) is 5. The summed E-state index contributed by atoms with van der Waals surface area (Å²) in [6.45, 7) is 1.94. The molecule has 0 saturated carbocycles. The van der Waals surface area contributed by atoms with Gasteiger partial charge in [0.2, 0.25) is 11.8 Å². The van der Waals surface area contributed by atoms with E-state index >= 15 is 0 Å². The molecule has 11 nitrogen and oxygen atoms in total. The van der Waals surface area contributed by atoms with E-state index in [4.69, 9.17) is 0 Å². The Balaban J connectivity index is 1.83. The molecule has 2 aromatic carbocycles. The summed E-state index contributed by atoms with van der Waals surface area (Å²) >= 11 is 0. The molecule has 0 aliphatic heterocycles. The summed E-state index contributed by atoms with van der Waals surface area (Å²) in [5.74, 6) is -5.36. The van der Waals surface area contributed by atoms with Crippen molar-refractivity contribution >= 4 is 27.6 Å². The summed E-state index contributed by atoms with van der Waals surface area (Å²) in [6.07, 6.45) is -1.10. The lowest BCUT2D eigenvalue weighted by atomic mass is 9.95. The number of nitrogens with zero attached hydrogens (tertiary/aromatic N) is 1. The van der Waals surface area contributed by atoms with Gasteiger partial charge in [0.1, 0.15) is 23.8 Å². The van der Waals surface area contributed by atoms with Crippen molar-refractivity contribution in [1.82, 2.24) is 20.9 Å². The lowest BCUT2D eigenvalue weighted by Gasteiger charge is -2.29. The van der Waals surface area contributed by atoms with Gasteiger partial charge in [0, 0.05) is 25.0 Å². The summed E-state index contributed by atoms with van der Waals surface area (Å²) in [7, 11) is -3.86. The molecule has 0 saturated heterocycles. The van der Waals surface area contributed by atoms with Crippen LogP contribution in [0.15, 0.2) is 73.1 Å². The van der Waals surface area contributed by atoms with Gasteiger partial charge in [-0.1, -0.05) is 43.7 Å². The van der Waals surface area contributed by atoms with Crippen molar-refractivity contribution in [2.24, 2.45) is 0 Å². The predicted molar refractivity (Wildman–Crippen MR) is 166 cm³/mol. The Hall–Kier alpha value is -4.27. The van der Waals surface area contributed by atoms with Crippen molar-refractivity contribution in [2.45, 2.75) is 63.4 Å². The average Bonchev–Trinajstić information content (AvgIpc) is 3.02. The molecule has 3 amide bonds. The molecule has 4 atom stereocenters. The number of rotatable bonds is 17. The molecule has 0 radical (unpaired) electrons. The Labute approximate surface area is 266 Å². The number of hydrogen-bond acceptors (Lipinski definition) is 8. The molecule has 0 aliphatic rings. The standard InChI is InChI=1S/C32H38F2N4O7S/c1-2-3-12-46(44,45)20-27(38-31(42)23-10-7-11-35-19-23)32(43)37-26(15-22-13-24(33)16-25(34)14-22)30(41)28(39)17-29(40)36-18-21-8-5-4-6-9-21/h4-11,13-14,16,19,26-28,30,39,41H,2-3,12,15,17-18,20H2,1H3,(H,36,40)(H,37,43)(H,38,42)/t26-,27?,28+,30+/m0/s1. The highest BCUT2D eigenvalue weighted by molar-refractivity contribution is 7.91. The molecule has 0 bridgehead atoms. The minimum absolute atomic E-state index is 0.00547. The number of aromatic nitrogens is 1. The van der Waals surface area contributed by atoms with E-state index in [9.17, 15) is 41.8 Å². The number of amides is 3. The molecule has 3 aromatic rings. The van der Waals surface area contributed by atoms with E-state index < -0.39 is 82.1 Å². The summed E-state index contributed by atoms with van der Waals surface area (Å²) in [5.41, 5.74) is 0.835. The van der Waals surface area contributed by atoms with Gasteiger partial charge in [-0.2, -0.15) is 0 Å². The quantitative estimate of drug-likeness (QED) is 0.146. The van der Waals surface area contributed by atoms with Gasteiger partial charge < -0.3 is 26.2 Å². The minimum Gasteiger partial charge on any atom is -0.390 e. The fourth-order valence-corrected chi connectivity index (χ4v) is 6.23. The molecule has 0 spiro atoms. The van der Waals surface area contributed by atoms with Gasteiger partial charge in [0.25, 0.3) is 5.91 Å². The molecule has 5 N–H and O–H groups in total. The van der Waals surface area contributed by atoms with E-state index in [1.54, 1.807) is 37.3 Å². The van der Waals surface area contributed by atoms with E-state index in [1.807, 2.05) is 0 Å². The Bertz CT molecular complexity index is 1540. The Morgan fingerprint density at radius 3 is 2.26 bits per heavy atom. The van der Waals surface area contributed by atoms with E-state index in [1.165, 1.54) is 24.5 Å². The first-order valence-corrected chi connectivity index (χ1v) is 16.5. The Kier molecular flexibility index (Phi) is 13.7. The molecular formula is C32H38F2N4O7S. The summed E-state index contributed by atoms with van der Waals surface area (Å²) in [5, 5.41) is 29.3. The third-order valence-electron chi connectivity index (χ3n) is 7.01. The predicted octanol–water partition coefficient (Wildman–Crippen LogP) is 1.83. The molecule has 1 heterocycles. The van der Waals surface area contributed by atoms with E-state index in [2.05, 4.69) is 20.9 Å². The molecule has 1 unspecified atom stereocenters. The average molecular weight is 661 g/mol. The van der Waals surface area contributed by atoms with Gasteiger partial charge in [-0.15, -0.1) is 0 Å². The van der Waals surface area contributed by atoms with Crippen molar-refractivity contribution in [3.8, 4) is 0 Å². The monoisotopic (exact) mass is 660 g/mol. The number of aliphatic hydroxyl groups is 2. The Morgan fingerprint density at radius 1 is 0.935 bits per heavy atom. The summed E-state index contributed by atoms with van der Waals surface area (Å²) in [4.78, 5) is 42.9. The largest absolute Gasteiger partial charge is 0.390 e. The summed E-state index contributed by atoms with van der Waals surface area (Å²) < 4.78 is 53.7. The van der Waals surface area contributed by atoms with Crippen LogP contribution in [0.25, 0.3) is 0 Å². The van der Waals surface area contributed by atoms with Crippen molar-refractivity contribution in [1.29, 1.82) is 0 Å². The Morgan fingerprint density at radius 2 is 1.63 bits per heavy atom. The van der Waals surface area contributed by atoms with Gasteiger partial charge in [-0.3, -0.25) is 19.4 Å².